The molecule has 2 aliphatic carbocycles. The Bertz CT molecular complexity index is 3010. The zero-order chi connectivity index (χ0) is 50.1. The van der Waals surface area contributed by atoms with E-state index in [0.29, 0.717) is 56.8 Å². The second-order valence-corrected chi connectivity index (χ2v) is 23.3. The van der Waals surface area contributed by atoms with Crippen LogP contribution in [0.2, 0.25) is 0 Å². The smallest absolute Gasteiger partial charge is 0.297 e. The van der Waals surface area contributed by atoms with Crippen molar-refractivity contribution in [1.29, 1.82) is 0 Å². The lowest BCUT2D eigenvalue weighted by atomic mass is 9.70. The van der Waals surface area contributed by atoms with Gasteiger partial charge in [0.25, 0.3) is 27.5 Å². The number of aliphatic hydroxyl groups is 1. The number of piperidine rings is 1. The molecule has 0 radical (unpaired) electrons. The van der Waals surface area contributed by atoms with Crippen molar-refractivity contribution in [2.24, 2.45) is 11.3 Å². The Morgan fingerprint density at radius 3 is 2.49 bits per heavy atom. The second kappa shape index (κ2) is 18.8. The van der Waals surface area contributed by atoms with Crippen LogP contribution in [-0.4, -0.2) is 109 Å². The lowest BCUT2D eigenvalue weighted by molar-refractivity contribution is -0.384. The third kappa shape index (κ3) is 9.32. The van der Waals surface area contributed by atoms with Crippen molar-refractivity contribution in [3.05, 3.63) is 99.5 Å². The average Bonchev–Trinajstić information content (AvgIpc) is 3.97. The van der Waals surface area contributed by atoms with Crippen molar-refractivity contribution < 1.29 is 46.6 Å². The molecular formula is C53H62FN7O10S. The number of nitro groups is 1. The molecule has 72 heavy (non-hydrogen) atoms. The number of aromatic nitrogens is 2. The minimum Gasteiger partial charge on any atom is -0.489 e. The molecule has 11 rings (SSSR count). The number of nitro benzene ring substituents is 1. The summed E-state index contributed by atoms with van der Waals surface area (Å²) in [6.45, 7) is 10.7. The van der Waals surface area contributed by atoms with Crippen LogP contribution in [0.25, 0.3) is 11.0 Å². The van der Waals surface area contributed by atoms with Crippen LogP contribution in [0.3, 0.4) is 0 Å². The summed E-state index contributed by atoms with van der Waals surface area (Å²) in [6.07, 6.45) is 8.91. The van der Waals surface area contributed by atoms with Gasteiger partial charge in [-0.1, -0.05) is 44.5 Å². The fourth-order valence-corrected chi connectivity index (χ4v) is 13.1. The first-order chi connectivity index (χ1) is 34.5. The number of fused-ring (bicyclic) bond motifs is 2. The summed E-state index contributed by atoms with van der Waals surface area (Å²) >= 11 is 0. The number of carbonyl (C=O) groups excluding carboxylic acids is 1. The maximum Gasteiger partial charge on any atom is 0.297 e. The summed E-state index contributed by atoms with van der Waals surface area (Å²) in [4.78, 5) is 37.9. The van der Waals surface area contributed by atoms with Crippen LogP contribution >= 0.6 is 0 Å². The number of hydrogen-bond acceptors (Lipinski definition) is 14. The molecule has 1 amide bonds. The van der Waals surface area contributed by atoms with Crippen LogP contribution in [-0.2, 0) is 14.8 Å². The summed E-state index contributed by atoms with van der Waals surface area (Å²) in [5.74, 6) is -0.663. The standard InChI is InChI=1S/C53H62FN7O10S/c1-31(2)36-7-4-5-8-37(36)38-9-6-10-43(38)60-29-53(30-60)17-19-59(20-18-53)33-11-12-39(45(21-33)71-47-24-40-41(54)25-55-49(40)57-51(47)70-34-26-68-27-34)50(62)58-72(66,67)35-22-44(61(64)65)48-46(23-35)69-28-42(56-48)32-13-15-52(3,63)16-14-32/h4-5,7-8,11-12,21-25,31-32,34,38,42-43,56,63H,6,9-10,13-20,26-30H2,1-3H3,(H,55,57)(H,58,62)/t32?,38-,42-,43-,52?/m1/s1. The van der Waals surface area contributed by atoms with E-state index in [-0.39, 0.29) is 75.5 Å². The van der Waals surface area contributed by atoms with Gasteiger partial charge in [0, 0.05) is 68.4 Å². The molecule has 2 saturated carbocycles. The minimum atomic E-state index is -4.77. The highest BCUT2D eigenvalue weighted by atomic mass is 32.2. The highest BCUT2D eigenvalue weighted by Gasteiger charge is 2.50. The quantitative estimate of drug-likeness (QED) is 0.0642. The third-order valence-electron chi connectivity index (χ3n) is 16.3. The highest BCUT2D eigenvalue weighted by Crippen LogP contribution is 2.50. The van der Waals surface area contributed by atoms with E-state index in [1.165, 1.54) is 42.5 Å². The maximum atomic E-state index is 15.1. The SMILES string of the molecule is CC(C)c1ccccc1[C@H]1CCC[C@H]1N1CC2(CCN(c3ccc(C(=O)NS(=O)(=O)c4cc5c(c([N+](=O)[O-])c4)N[C@@H](C4CCC(C)(O)CC4)CO5)c(Oc4cc5c(F)c[nH]c5nc4OC4COC4)c3)CC2)C1. The monoisotopic (exact) mass is 1010 g/mol. The zero-order valence-corrected chi connectivity index (χ0v) is 41.6. The first-order valence-corrected chi connectivity index (χ1v) is 26.8. The van der Waals surface area contributed by atoms with E-state index in [1.807, 2.05) is 0 Å². The Labute approximate surface area is 418 Å². The van der Waals surface area contributed by atoms with Crippen LogP contribution in [0.5, 0.6) is 23.1 Å². The van der Waals surface area contributed by atoms with Crippen molar-refractivity contribution in [2.45, 2.75) is 119 Å². The normalized spacial score (nSPS) is 25.3. The number of halogens is 1. The van der Waals surface area contributed by atoms with Gasteiger partial charge < -0.3 is 39.3 Å². The molecule has 3 aromatic carbocycles. The van der Waals surface area contributed by atoms with Gasteiger partial charge in [-0.3, -0.25) is 19.8 Å². The van der Waals surface area contributed by atoms with Crippen LogP contribution in [0.4, 0.5) is 21.5 Å². The molecule has 4 N–H and O–H groups in total. The summed E-state index contributed by atoms with van der Waals surface area (Å²) in [5, 5.41) is 26.3. The Morgan fingerprint density at radius 2 is 1.76 bits per heavy atom. The number of nitrogens with zero attached hydrogens (tertiary/aromatic N) is 4. The van der Waals surface area contributed by atoms with Gasteiger partial charge in [-0.2, -0.15) is 4.98 Å². The molecular weight excluding hydrogens is 946 g/mol. The molecule has 17 nitrogen and oxygen atoms in total. The maximum absolute atomic E-state index is 15.1. The van der Waals surface area contributed by atoms with Crippen molar-refractivity contribution in [1.82, 2.24) is 19.6 Å². The first kappa shape index (κ1) is 48.3. The Balaban J connectivity index is 0.846. The summed E-state index contributed by atoms with van der Waals surface area (Å²) in [5.41, 5.74) is 2.66. The molecule has 5 fully saturated rings. The van der Waals surface area contributed by atoms with Crippen molar-refractivity contribution in [3.8, 4) is 23.1 Å². The van der Waals surface area contributed by atoms with Gasteiger partial charge in [0.1, 0.15) is 29.9 Å². The van der Waals surface area contributed by atoms with Gasteiger partial charge in [-0.05, 0) is 105 Å². The summed E-state index contributed by atoms with van der Waals surface area (Å²) in [6, 6.07) is 17.6. The molecule has 0 unspecified atom stereocenters. The van der Waals surface area contributed by atoms with Gasteiger partial charge in [-0.15, -0.1) is 0 Å². The number of benzene rings is 3. The molecule has 6 aliphatic rings. The van der Waals surface area contributed by atoms with Crippen LogP contribution < -0.4 is 29.1 Å². The number of sulfonamides is 1. The van der Waals surface area contributed by atoms with Gasteiger partial charge in [0.05, 0.1) is 45.6 Å². The number of ether oxygens (including phenoxy) is 4. The number of pyridine rings is 1. The number of nitrogens with one attached hydrogen (secondary N) is 3. The van der Waals surface area contributed by atoms with E-state index in [1.54, 1.807) is 19.1 Å². The molecule has 1 spiro atoms. The van der Waals surface area contributed by atoms with E-state index in [4.69, 9.17) is 18.9 Å². The molecule has 3 saturated heterocycles. The predicted molar refractivity (Wildman–Crippen MR) is 267 cm³/mol. The van der Waals surface area contributed by atoms with E-state index in [0.717, 1.165) is 63.0 Å². The van der Waals surface area contributed by atoms with E-state index >= 15 is 4.39 Å². The third-order valence-corrected chi connectivity index (χ3v) is 17.6. The number of aromatic amines is 1. The number of H-pyrrole nitrogens is 1. The van der Waals surface area contributed by atoms with Crippen LogP contribution in [0.1, 0.15) is 112 Å². The molecule has 6 heterocycles. The summed E-state index contributed by atoms with van der Waals surface area (Å²) < 4.78 is 69.4. The predicted octanol–water partition coefficient (Wildman–Crippen LogP) is 8.77. The highest BCUT2D eigenvalue weighted by molar-refractivity contribution is 7.90. The van der Waals surface area contributed by atoms with Crippen molar-refractivity contribution >= 4 is 44.0 Å². The molecule has 382 valence electrons. The lowest BCUT2D eigenvalue weighted by Gasteiger charge is -2.57. The minimum absolute atomic E-state index is 0.0118. The van der Waals surface area contributed by atoms with Crippen LogP contribution in [0.15, 0.2) is 71.8 Å². The number of likely N-dealkylation sites (tertiary alicyclic amines) is 1. The number of anilines is 2. The number of rotatable bonds is 13. The molecule has 19 heteroatoms. The lowest BCUT2D eigenvalue weighted by Crippen LogP contribution is -2.63. The average molecular weight is 1010 g/mol. The van der Waals surface area contributed by atoms with E-state index in [2.05, 4.69) is 67.9 Å². The molecule has 2 aromatic heterocycles. The topological polar surface area (TPSA) is 211 Å². The van der Waals surface area contributed by atoms with Crippen molar-refractivity contribution in [3.63, 3.8) is 0 Å². The molecule has 4 aliphatic heterocycles. The Hall–Kier alpha value is -6.02. The van der Waals surface area contributed by atoms with E-state index in [9.17, 15) is 28.4 Å². The molecule has 3 atom stereocenters. The number of amides is 1. The Kier molecular flexibility index (Phi) is 12.6. The van der Waals surface area contributed by atoms with Gasteiger partial charge >= 0.3 is 0 Å². The fourth-order valence-electron chi connectivity index (χ4n) is 12.1. The fraction of sp³-hybridized carbons (Fsp3) is 0.509. The summed E-state index contributed by atoms with van der Waals surface area (Å²) in [7, 11) is -4.77. The van der Waals surface area contributed by atoms with Gasteiger partial charge in [0.2, 0.25) is 0 Å². The van der Waals surface area contributed by atoms with Gasteiger partial charge in [-0.25, -0.2) is 17.5 Å². The second-order valence-electron chi connectivity index (χ2n) is 21.6. The van der Waals surface area contributed by atoms with Crippen molar-refractivity contribution in [2.75, 3.05) is 56.2 Å². The zero-order valence-electron chi connectivity index (χ0n) is 40.8. The molecule has 0 bridgehead atoms. The largest absolute Gasteiger partial charge is 0.489 e. The Morgan fingerprint density at radius 1 is 1.00 bits per heavy atom. The number of carbonyl (C=O) groups is 1. The molecule has 5 aromatic rings. The first-order valence-electron chi connectivity index (χ1n) is 25.4. The number of hydrogen-bond donors (Lipinski definition) is 4. The van der Waals surface area contributed by atoms with E-state index < -0.39 is 42.9 Å². The van der Waals surface area contributed by atoms with Crippen LogP contribution in [0, 0.1) is 27.3 Å². The van der Waals surface area contributed by atoms with Gasteiger partial charge in [0.15, 0.2) is 17.2 Å².